The molecule has 0 fully saturated rings. The monoisotopic (exact) mass is 693 g/mol. The SMILES string of the molecule is C=C(C)C(=O)OCCOc1nc(Cl)nc(Cc2ccc(S(=O)(=O)[O-])c(Nc3c[c-]c(N)c4c3C(=O)c3ccccc3C4=O)c2)n1.[Na+].[Na+]. The fourth-order valence-corrected chi connectivity index (χ4v) is 5.30. The average molecular weight is 694 g/mol. The standard InChI is InChI=1S/C30H23ClN5O8S.2Na/c1-15(2)28(39)43-11-12-44-30-35-23(34-29(31)36-30)14-16-7-10-22(45(40,41)42)21(13-16)33-20-9-8-19(32)24-25(20)27(38)18-6-4-3-5-17(18)26(24)37;;/h3-7,9-10,13,33H,1,11-12,14,32H2,2H3,(H,40,41,42);;/q-1;2*+1/p-1. The molecule has 1 aromatic heterocycles. The molecule has 17 heteroatoms. The average Bonchev–Trinajstić information content (AvgIpc) is 2.98. The second-order valence-electron chi connectivity index (χ2n) is 9.72. The minimum Gasteiger partial charge on any atom is -0.744 e. The zero-order valence-corrected chi connectivity index (χ0v) is 31.0. The molecule has 1 aliphatic rings. The second kappa shape index (κ2) is 15.8. The van der Waals surface area contributed by atoms with Gasteiger partial charge in [-0.05, 0) is 36.2 Å². The minimum absolute atomic E-state index is 0. The van der Waals surface area contributed by atoms with Gasteiger partial charge in [0.25, 0.3) is 0 Å². The smallest absolute Gasteiger partial charge is 0.744 e. The van der Waals surface area contributed by atoms with Gasteiger partial charge in [0.15, 0.2) is 5.78 Å². The minimum atomic E-state index is -5.01. The van der Waals surface area contributed by atoms with Crippen LogP contribution >= 0.6 is 11.6 Å². The third-order valence-corrected chi connectivity index (χ3v) is 7.57. The van der Waals surface area contributed by atoms with Crippen LogP contribution in [0.3, 0.4) is 0 Å². The molecule has 0 aliphatic heterocycles. The fraction of sp³-hybridized carbons (Fsp3) is 0.133. The van der Waals surface area contributed by atoms with Gasteiger partial charge < -0.3 is 29.9 Å². The van der Waals surface area contributed by atoms with Crippen molar-refractivity contribution < 1.29 is 95.9 Å². The number of esters is 1. The van der Waals surface area contributed by atoms with Crippen LogP contribution in [0.2, 0.25) is 5.28 Å². The number of nitrogen functional groups attached to an aromatic ring is 1. The van der Waals surface area contributed by atoms with E-state index in [0.717, 1.165) is 6.07 Å². The summed E-state index contributed by atoms with van der Waals surface area (Å²) in [4.78, 5) is 49.8. The molecule has 0 amide bonds. The van der Waals surface area contributed by atoms with Crippen molar-refractivity contribution in [3.8, 4) is 6.01 Å². The van der Waals surface area contributed by atoms with Gasteiger partial charge in [-0.1, -0.05) is 59.4 Å². The molecule has 3 N–H and O–H groups in total. The van der Waals surface area contributed by atoms with Crippen LogP contribution in [0.25, 0.3) is 0 Å². The number of hydrogen-bond donors (Lipinski definition) is 2. The van der Waals surface area contributed by atoms with Crippen molar-refractivity contribution in [1.29, 1.82) is 0 Å². The van der Waals surface area contributed by atoms with E-state index >= 15 is 0 Å². The Hall–Kier alpha value is -3.18. The molecule has 4 aromatic rings. The van der Waals surface area contributed by atoms with E-state index in [1.165, 1.54) is 37.3 Å². The van der Waals surface area contributed by atoms with Gasteiger partial charge >= 0.3 is 71.1 Å². The van der Waals surface area contributed by atoms with Crippen LogP contribution in [0.4, 0.5) is 17.1 Å². The maximum Gasteiger partial charge on any atom is 1.00 e. The van der Waals surface area contributed by atoms with Crippen LogP contribution in [-0.2, 0) is 26.1 Å². The first kappa shape index (κ1) is 38.3. The fourth-order valence-electron chi connectivity index (χ4n) is 4.52. The number of benzene rings is 3. The first-order valence-corrected chi connectivity index (χ1v) is 14.9. The van der Waals surface area contributed by atoms with Gasteiger partial charge in [0.05, 0.1) is 4.90 Å². The molecule has 230 valence electrons. The normalized spacial score (nSPS) is 11.7. The van der Waals surface area contributed by atoms with Gasteiger partial charge in [0.1, 0.15) is 34.9 Å². The Labute approximate surface area is 318 Å². The van der Waals surface area contributed by atoms with E-state index < -0.39 is 32.5 Å². The van der Waals surface area contributed by atoms with Crippen molar-refractivity contribution in [2.24, 2.45) is 0 Å². The molecule has 13 nitrogen and oxygen atoms in total. The number of hydrogen-bond acceptors (Lipinski definition) is 13. The van der Waals surface area contributed by atoms with Gasteiger partial charge in [-0.25, -0.2) is 18.2 Å². The third-order valence-electron chi connectivity index (χ3n) is 6.51. The topological polar surface area (TPSA) is 204 Å². The van der Waals surface area contributed by atoms with Crippen LogP contribution in [0.15, 0.2) is 65.6 Å². The largest absolute Gasteiger partial charge is 1.00 e. The first-order chi connectivity index (χ1) is 21.3. The number of aromatic nitrogens is 3. The zero-order valence-electron chi connectivity index (χ0n) is 25.4. The van der Waals surface area contributed by atoms with Crippen molar-refractivity contribution >= 4 is 56.3 Å². The number of fused-ring (bicyclic) bond motifs is 2. The summed E-state index contributed by atoms with van der Waals surface area (Å²) in [6.07, 6.45) is -0.0200. The Bertz CT molecular complexity index is 2030. The molecule has 1 heterocycles. The van der Waals surface area contributed by atoms with Gasteiger partial charge in [0, 0.05) is 28.8 Å². The molecular formula is C30H22ClN5Na2O8S. The van der Waals surface area contributed by atoms with Gasteiger partial charge in [0.2, 0.25) is 5.28 Å². The number of anilines is 3. The van der Waals surface area contributed by atoms with Crippen LogP contribution in [0.5, 0.6) is 6.01 Å². The summed E-state index contributed by atoms with van der Waals surface area (Å²) in [5.74, 6) is -1.48. The number of rotatable bonds is 10. The molecule has 3 aromatic carbocycles. The van der Waals surface area contributed by atoms with Crippen molar-refractivity contribution in [3.05, 3.63) is 106 Å². The summed E-state index contributed by atoms with van der Waals surface area (Å²) in [7, 11) is -5.01. The molecular weight excluding hydrogens is 672 g/mol. The number of carbonyl (C=O) groups excluding carboxylic acids is 3. The molecule has 5 rings (SSSR count). The number of ether oxygens (including phenoxy) is 2. The van der Waals surface area contributed by atoms with Crippen LogP contribution in [-0.4, -0.2) is 58.7 Å². The van der Waals surface area contributed by atoms with E-state index in [9.17, 15) is 27.4 Å². The van der Waals surface area contributed by atoms with Crippen molar-refractivity contribution in [1.82, 2.24) is 15.0 Å². The van der Waals surface area contributed by atoms with Crippen LogP contribution < -0.4 is 74.9 Å². The Kier molecular flexibility index (Phi) is 12.9. The number of carbonyl (C=O) groups is 3. The molecule has 47 heavy (non-hydrogen) atoms. The van der Waals surface area contributed by atoms with Gasteiger partial charge in [-0.3, -0.25) is 4.79 Å². The van der Waals surface area contributed by atoms with E-state index in [1.54, 1.807) is 12.1 Å². The Morgan fingerprint density at radius 3 is 2.32 bits per heavy atom. The summed E-state index contributed by atoms with van der Waals surface area (Å²) in [5.41, 5.74) is 6.60. The second-order valence-corrected chi connectivity index (χ2v) is 11.4. The summed E-state index contributed by atoms with van der Waals surface area (Å²) in [5, 5.41) is 2.63. The Morgan fingerprint density at radius 1 is 1.02 bits per heavy atom. The number of nitrogens with zero attached hydrogens (tertiary/aromatic N) is 3. The number of nitrogens with one attached hydrogen (secondary N) is 1. The van der Waals surface area contributed by atoms with E-state index in [1.807, 2.05) is 0 Å². The molecule has 0 atom stereocenters. The summed E-state index contributed by atoms with van der Waals surface area (Å²) >= 11 is 6.04. The van der Waals surface area contributed by atoms with Gasteiger partial charge in [-0.2, -0.15) is 22.1 Å². The predicted octanol–water partition coefficient (Wildman–Crippen LogP) is -2.57. The van der Waals surface area contributed by atoms with E-state index in [2.05, 4.69) is 32.9 Å². The zero-order chi connectivity index (χ0) is 32.5. The predicted molar refractivity (Wildman–Crippen MR) is 160 cm³/mol. The molecule has 0 saturated heterocycles. The van der Waals surface area contributed by atoms with Crippen molar-refractivity contribution in [2.45, 2.75) is 18.2 Å². The van der Waals surface area contributed by atoms with Crippen LogP contribution in [0.1, 0.15) is 50.2 Å². The molecule has 0 spiro atoms. The summed E-state index contributed by atoms with van der Waals surface area (Å²) < 4.78 is 46.9. The summed E-state index contributed by atoms with van der Waals surface area (Å²) in [6.45, 7) is 4.80. The van der Waals surface area contributed by atoms with Crippen molar-refractivity contribution in [2.75, 3.05) is 24.3 Å². The molecule has 0 bridgehead atoms. The maximum absolute atomic E-state index is 13.5. The Morgan fingerprint density at radius 2 is 1.68 bits per heavy atom. The first-order valence-electron chi connectivity index (χ1n) is 13.1. The maximum atomic E-state index is 13.5. The Balaban J connectivity index is 0.00000300. The quantitative estimate of drug-likeness (QED) is 0.0294. The molecule has 1 aliphatic carbocycles. The van der Waals surface area contributed by atoms with Gasteiger partial charge in [-0.15, -0.1) is 0 Å². The van der Waals surface area contributed by atoms with E-state index in [-0.39, 0.29) is 141 Å². The summed E-state index contributed by atoms with van der Waals surface area (Å²) in [6, 6.07) is 13.9. The van der Waals surface area contributed by atoms with Crippen molar-refractivity contribution in [3.63, 3.8) is 0 Å². The number of ketones is 2. The number of halogens is 1. The van der Waals surface area contributed by atoms with E-state index in [0.29, 0.717) is 5.56 Å². The van der Waals surface area contributed by atoms with E-state index in [4.69, 9.17) is 26.8 Å². The number of nitrogens with two attached hydrogens (primary N) is 1. The molecule has 0 saturated carbocycles. The third kappa shape index (κ3) is 8.65. The van der Waals surface area contributed by atoms with Crippen LogP contribution in [0, 0.1) is 6.07 Å². The molecule has 0 unspecified atom stereocenters. The molecule has 0 radical (unpaired) electrons.